The predicted molar refractivity (Wildman–Crippen MR) is 79.2 cm³/mol. The van der Waals surface area contributed by atoms with Crippen molar-refractivity contribution < 1.29 is 9.53 Å². The maximum atomic E-state index is 11.9. The first kappa shape index (κ1) is 14.4. The molecular formula is C15H20BrNO2. The van der Waals surface area contributed by atoms with Crippen LogP contribution in [0.5, 0.6) is 5.75 Å². The summed E-state index contributed by atoms with van der Waals surface area (Å²) in [6.45, 7) is 2.30. The Morgan fingerprint density at radius 1 is 1.32 bits per heavy atom. The smallest absolute Gasteiger partial charge is 0.258 e. The van der Waals surface area contributed by atoms with Crippen molar-refractivity contribution in [3.8, 4) is 5.75 Å². The summed E-state index contributed by atoms with van der Waals surface area (Å²) in [6, 6.07) is 7.81. The van der Waals surface area contributed by atoms with Crippen molar-refractivity contribution in [1.29, 1.82) is 0 Å². The van der Waals surface area contributed by atoms with Crippen molar-refractivity contribution in [2.24, 2.45) is 5.92 Å². The van der Waals surface area contributed by atoms with Gasteiger partial charge in [-0.1, -0.05) is 35.7 Å². The first-order valence-electron chi connectivity index (χ1n) is 6.83. The number of carbonyl (C=O) groups excluding carboxylic acids is 1. The molecule has 2 rings (SSSR count). The summed E-state index contributed by atoms with van der Waals surface area (Å²) in [4.78, 5) is 11.9. The van der Waals surface area contributed by atoms with Gasteiger partial charge < -0.3 is 10.1 Å². The van der Waals surface area contributed by atoms with Crippen LogP contribution in [-0.2, 0) is 4.79 Å². The van der Waals surface area contributed by atoms with Crippen LogP contribution in [0.1, 0.15) is 32.6 Å². The second kappa shape index (κ2) is 6.94. The van der Waals surface area contributed by atoms with Crippen molar-refractivity contribution in [3.63, 3.8) is 0 Å². The first-order chi connectivity index (χ1) is 9.15. The summed E-state index contributed by atoms with van der Waals surface area (Å²) in [6.07, 6.45) is 4.79. The standard InChI is InChI=1S/C15H20BrNO2/c1-11-4-2-3-5-14(11)17-15(18)10-19-13-8-6-12(16)7-9-13/h6-9,11,14H,2-5,10H2,1H3,(H,17,18)/t11-,14-/m1/s1. The van der Waals surface area contributed by atoms with E-state index in [0.717, 1.165) is 16.6 Å². The summed E-state index contributed by atoms with van der Waals surface area (Å²) in [5.41, 5.74) is 0. The second-order valence-electron chi connectivity index (χ2n) is 5.18. The summed E-state index contributed by atoms with van der Waals surface area (Å²) in [5.74, 6) is 1.27. The van der Waals surface area contributed by atoms with Gasteiger partial charge in [-0.3, -0.25) is 4.79 Å². The zero-order valence-electron chi connectivity index (χ0n) is 11.2. The van der Waals surface area contributed by atoms with Crippen LogP contribution in [0, 0.1) is 5.92 Å². The number of rotatable bonds is 4. The lowest BCUT2D eigenvalue weighted by atomic mass is 9.86. The lowest BCUT2D eigenvalue weighted by Gasteiger charge is -2.29. The highest BCUT2D eigenvalue weighted by molar-refractivity contribution is 9.10. The largest absolute Gasteiger partial charge is 0.484 e. The number of carbonyl (C=O) groups is 1. The van der Waals surface area contributed by atoms with Gasteiger partial charge in [-0.25, -0.2) is 0 Å². The van der Waals surface area contributed by atoms with E-state index in [0.29, 0.717) is 12.0 Å². The summed E-state index contributed by atoms with van der Waals surface area (Å²) in [5, 5.41) is 3.08. The number of nitrogens with one attached hydrogen (secondary N) is 1. The second-order valence-corrected chi connectivity index (χ2v) is 6.09. The van der Waals surface area contributed by atoms with E-state index >= 15 is 0 Å². The van der Waals surface area contributed by atoms with E-state index in [9.17, 15) is 4.79 Å². The molecule has 1 aliphatic rings. The Bertz CT molecular complexity index is 419. The normalized spacial score (nSPS) is 22.8. The highest BCUT2D eigenvalue weighted by Crippen LogP contribution is 2.23. The van der Waals surface area contributed by atoms with E-state index in [2.05, 4.69) is 28.2 Å². The molecule has 0 heterocycles. The van der Waals surface area contributed by atoms with Gasteiger partial charge in [-0.15, -0.1) is 0 Å². The van der Waals surface area contributed by atoms with E-state index in [4.69, 9.17) is 4.74 Å². The molecule has 0 unspecified atom stereocenters. The van der Waals surface area contributed by atoms with Gasteiger partial charge >= 0.3 is 0 Å². The van der Waals surface area contributed by atoms with E-state index in [1.165, 1.54) is 19.3 Å². The molecule has 0 saturated heterocycles. The number of ether oxygens (including phenoxy) is 1. The van der Waals surface area contributed by atoms with E-state index < -0.39 is 0 Å². The summed E-state index contributed by atoms with van der Waals surface area (Å²) in [7, 11) is 0. The van der Waals surface area contributed by atoms with Crippen molar-refractivity contribution in [2.45, 2.75) is 38.6 Å². The molecule has 1 aliphatic carbocycles. The topological polar surface area (TPSA) is 38.3 Å². The minimum atomic E-state index is -0.0262. The molecule has 0 bridgehead atoms. The zero-order valence-corrected chi connectivity index (χ0v) is 12.8. The van der Waals surface area contributed by atoms with E-state index in [1.807, 2.05) is 24.3 Å². The average Bonchev–Trinajstić information content (AvgIpc) is 2.41. The maximum Gasteiger partial charge on any atom is 0.258 e. The van der Waals surface area contributed by atoms with Gasteiger partial charge in [0.05, 0.1) is 0 Å². The molecule has 1 fully saturated rings. The molecule has 0 spiro atoms. The molecule has 19 heavy (non-hydrogen) atoms. The van der Waals surface area contributed by atoms with Crippen LogP contribution in [0.25, 0.3) is 0 Å². The van der Waals surface area contributed by atoms with Gasteiger partial charge in [-0.2, -0.15) is 0 Å². The lowest BCUT2D eigenvalue weighted by molar-refractivity contribution is -0.124. The average molecular weight is 326 g/mol. The van der Waals surface area contributed by atoms with Crippen molar-refractivity contribution >= 4 is 21.8 Å². The molecule has 4 heteroatoms. The zero-order chi connectivity index (χ0) is 13.7. The summed E-state index contributed by atoms with van der Waals surface area (Å²) >= 11 is 3.36. The van der Waals surface area contributed by atoms with Crippen LogP contribution >= 0.6 is 15.9 Å². The third-order valence-electron chi connectivity index (χ3n) is 3.64. The molecule has 0 radical (unpaired) electrons. The number of halogens is 1. The van der Waals surface area contributed by atoms with Gasteiger partial charge in [0.15, 0.2) is 6.61 Å². The van der Waals surface area contributed by atoms with Crippen LogP contribution in [0.15, 0.2) is 28.7 Å². The Morgan fingerprint density at radius 2 is 2.00 bits per heavy atom. The molecule has 0 aliphatic heterocycles. The minimum absolute atomic E-state index is 0.0262. The first-order valence-corrected chi connectivity index (χ1v) is 7.62. The molecular weight excluding hydrogens is 306 g/mol. The fourth-order valence-electron chi connectivity index (χ4n) is 2.46. The lowest BCUT2D eigenvalue weighted by Crippen LogP contribution is -2.43. The van der Waals surface area contributed by atoms with Crippen LogP contribution < -0.4 is 10.1 Å². The van der Waals surface area contributed by atoms with Crippen LogP contribution in [0.2, 0.25) is 0 Å². The fourth-order valence-corrected chi connectivity index (χ4v) is 2.72. The highest BCUT2D eigenvalue weighted by Gasteiger charge is 2.22. The van der Waals surface area contributed by atoms with Crippen LogP contribution in [-0.4, -0.2) is 18.6 Å². The molecule has 1 aromatic carbocycles. The van der Waals surface area contributed by atoms with Gasteiger partial charge in [0.2, 0.25) is 0 Å². The van der Waals surface area contributed by atoms with E-state index in [-0.39, 0.29) is 12.5 Å². The van der Waals surface area contributed by atoms with Gasteiger partial charge in [-0.05, 0) is 43.0 Å². The highest BCUT2D eigenvalue weighted by atomic mass is 79.9. The number of hydrogen-bond donors (Lipinski definition) is 1. The Hall–Kier alpha value is -1.03. The van der Waals surface area contributed by atoms with Gasteiger partial charge in [0.25, 0.3) is 5.91 Å². The molecule has 1 amide bonds. The monoisotopic (exact) mass is 325 g/mol. The van der Waals surface area contributed by atoms with Crippen molar-refractivity contribution in [2.75, 3.05) is 6.61 Å². The molecule has 0 aromatic heterocycles. The fraction of sp³-hybridized carbons (Fsp3) is 0.533. The third kappa shape index (κ3) is 4.53. The Balaban J connectivity index is 1.76. The molecule has 3 nitrogen and oxygen atoms in total. The number of benzene rings is 1. The molecule has 1 N–H and O–H groups in total. The quantitative estimate of drug-likeness (QED) is 0.919. The number of amides is 1. The SMILES string of the molecule is C[C@@H]1CCCC[C@H]1NC(=O)COc1ccc(Br)cc1. The van der Waals surface area contributed by atoms with Crippen molar-refractivity contribution in [3.05, 3.63) is 28.7 Å². The Morgan fingerprint density at radius 3 is 2.68 bits per heavy atom. The van der Waals surface area contributed by atoms with Crippen LogP contribution in [0.3, 0.4) is 0 Å². The van der Waals surface area contributed by atoms with Crippen LogP contribution in [0.4, 0.5) is 0 Å². The molecule has 1 saturated carbocycles. The predicted octanol–water partition coefficient (Wildman–Crippen LogP) is 3.52. The molecule has 2 atom stereocenters. The minimum Gasteiger partial charge on any atom is -0.484 e. The summed E-state index contributed by atoms with van der Waals surface area (Å²) < 4.78 is 6.47. The van der Waals surface area contributed by atoms with Crippen molar-refractivity contribution in [1.82, 2.24) is 5.32 Å². The van der Waals surface area contributed by atoms with E-state index in [1.54, 1.807) is 0 Å². The molecule has 104 valence electrons. The maximum absolute atomic E-state index is 11.9. The van der Waals surface area contributed by atoms with Gasteiger partial charge in [0.1, 0.15) is 5.75 Å². The Labute approximate surface area is 122 Å². The Kier molecular flexibility index (Phi) is 5.25. The third-order valence-corrected chi connectivity index (χ3v) is 4.17. The van der Waals surface area contributed by atoms with Gasteiger partial charge in [0, 0.05) is 10.5 Å². The molecule has 1 aromatic rings. The number of hydrogen-bond acceptors (Lipinski definition) is 2.